The molecule has 0 atom stereocenters. The van der Waals surface area contributed by atoms with Crippen molar-refractivity contribution in [2.45, 2.75) is 32.2 Å². The topological polar surface area (TPSA) is 78.3 Å². The molecule has 0 bridgehead atoms. The Balaban J connectivity index is 1.35. The molecule has 6 nitrogen and oxygen atoms in total. The van der Waals surface area contributed by atoms with Crippen molar-refractivity contribution >= 4 is 38.6 Å². The van der Waals surface area contributed by atoms with Gasteiger partial charge < -0.3 is 19.6 Å². The maximum absolute atomic E-state index is 12.6. The van der Waals surface area contributed by atoms with Crippen LogP contribution in [0, 0.1) is 6.92 Å². The molecule has 2 amide bonds. The molecular formula is C21H22BrN3O3. The van der Waals surface area contributed by atoms with Gasteiger partial charge in [0, 0.05) is 40.2 Å². The Kier molecular flexibility index (Phi) is 5.26. The highest BCUT2D eigenvalue weighted by atomic mass is 79.9. The quantitative estimate of drug-likeness (QED) is 0.643. The fraction of sp³-hybridized carbons (Fsp3) is 0.333. The van der Waals surface area contributed by atoms with Crippen LogP contribution in [-0.4, -0.2) is 40.8 Å². The Morgan fingerprint density at radius 2 is 2.07 bits per heavy atom. The molecule has 1 fully saturated rings. The molecule has 0 aliphatic carbocycles. The van der Waals surface area contributed by atoms with E-state index in [1.54, 1.807) is 6.07 Å². The minimum Gasteiger partial charge on any atom is -0.472 e. The molecule has 7 heteroatoms. The molecule has 1 aliphatic rings. The number of carbonyl (C=O) groups excluding carboxylic acids is 2. The van der Waals surface area contributed by atoms with Gasteiger partial charge in [0.25, 0.3) is 5.91 Å². The van der Waals surface area contributed by atoms with Gasteiger partial charge in [-0.25, -0.2) is 0 Å². The van der Waals surface area contributed by atoms with Crippen molar-refractivity contribution in [1.29, 1.82) is 0 Å². The van der Waals surface area contributed by atoms with Crippen molar-refractivity contribution in [2.24, 2.45) is 0 Å². The second-order valence-electron chi connectivity index (χ2n) is 7.24. The summed E-state index contributed by atoms with van der Waals surface area (Å²) in [6.07, 6.45) is 4.83. The number of halogens is 1. The van der Waals surface area contributed by atoms with Crippen LogP contribution in [0.25, 0.3) is 10.9 Å². The number of fused-ring (bicyclic) bond motifs is 1. The Morgan fingerprint density at radius 1 is 1.29 bits per heavy atom. The summed E-state index contributed by atoms with van der Waals surface area (Å²) in [6, 6.07) is 7.82. The molecule has 3 heterocycles. The minimum absolute atomic E-state index is 0.0153. The van der Waals surface area contributed by atoms with Crippen LogP contribution in [0.2, 0.25) is 0 Å². The lowest BCUT2D eigenvalue weighted by atomic mass is 10.0. The zero-order valence-corrected chi connectivity index (χ0v) is 17.2. The third-order valence-corrected chi connectivity index (χ3v) is 5.83. The largest absolute Gasteiger partial charge is 0.472 e. The standard InChI is InChI=1S/C21H22BrN3O3/c1-13-17(18-10-15(22)2-3-19(18)23-13)11-20(26)24-16-4-7-25(8-5-16)21(27)14-6-9-28-12-14/h2-3,6,9-10,12,16,23H,4-5,7-8,11H2,1H3,(H,24,26). The van der Waals surface area contributed by atoms with Crippen LogP contribution < -0.4 is 5.32 Å². The Bertz CT molecular complexity index is 1000. The molecule has 0 radical (unpaired) electrons. The first kappa shape index (κ1) is 18.8. The van der Waals surface area contributed by atoms with Crippen molar-refractivity contribution in [3.05, 3.63) is 58.1 Å². The highest BCUT2D eigenvalue weighted by molar-refractivity contribution is 9.10. The smallest absolute Gasteiger partial charge is 0.257 e. The van der Waals surface area contributed by atoms with Crippen molar-refractivity contribution in [1.82, 2.24) is 15.2 Å². The number of rotatable bonds is 4. The van der Waals surface area contributed by atoms with Gasteiger partial charge in [0.2, 0.25) is 5.91 Å². The summed E-state index contributed by atoms with van der Waals surface area (Å²) in [5, 5.41) is 4.21. The SMILES string of the molecule is Cc1[nH]c2ccc(Br)cc2c1CC(=O)NC1CCN(C(=O)c2ccoc2)CC1. The molecule has 0 unspecified atom stereocenters. The molecule has 0 saturated carbocycles. The maximum Gasteiger partial charge on any atom is 0.257 e. The number of nitrogens with one attached hydrogen (secondary N) is 2. The Labute approximate surface area is 171 Å². The first-order chi connectivity index (χ1) is 13.5. The van der Waals surface area contributed by atoms with E-state index in [9.17, 15) is 9.59 Å². The van der Waals surface area contributed by atoms with E-state index in [4.69, 9.17) is 4.42 Å². The van der Waals surface area contributed by atoms with Crippen LogP contribution in [0.5, 0.6) is 0 Å². The monoisotopic (exact) mass is 443 g/mol. The van der Waals surface area contributed by atoms with Gasteiger partial charge in [-0.3, -0.25) is 9.59 Å². The van der Waals surface area contributed by atoms with E-state index in [-0.39, 0.29) is 17.9 Å². The van der Waals surface area contributed by atoms with Gasteiger partial charge in [-0.05, 0) is 49.6 Å². The van der Waals surface area contributed by atoms with Crippen LogP contribution >= 0.6 is 15.9 Å². The van der Waals surface area contributed by atoms with E-state index in [1.807, 2.05) is 30.0 Å². The zero-order valence-electron chi connectivity index (χ0n) is 15.6. The van der Waals surface area contributed by atoms with E-state index in [2.05, 4.69) is 26.2 Å². The number of benzene rings is 1. The van der Waals surface area contributed by atoms with Crippen LogP contribution in [0.3, 0.4) is 0 Å². The molecule has 4 rings (SSSR count). The molecule has 0 spiro atoms. The predicted octanol–water partition coefficient (Wildman–Crippen LogP) is 3.80. The number of aryl methyl sites for hydroxylation is 1. The number of aromatic amines is 1. The van der Waals surface area contributed by atoms with E-state index in [0.29, 0.717) is 25.1 Å². The second-order valence-corrected chi connectivity index (χ2v) is 8.16. The number of likely N-dealkylation sites (tertiary alicyclic amines) is 1. The average Bonchev–Trinajstić information content (AvgIpc) is 3.31. The maximum atomic E-state index is 12.6. The number of aromatic nitrogens is 1. The number of hydrogen-bond acceptors (Lipinski definition) is 3. The third kappa shape index (κ3) is 3.85. The van der Waals surface area contributed by atoms with Crippen molar-refractivity contribution < 1.29 is 14.0 Å². The molecule has 28 heavy (non-hydrogen) atoms. The van der Waals surface area contributed by atoms with Gasteiger partial charge in [-0.1, -0.05) is 15.9 Å². The van der Waals surface area contributed by atoms with Gasteiger partial charge in [-0.15, -0.1) is 0 Å². The highest BCUT2D eigenvalue weighted by Crippen LogP contribution is 2.26. The molecule has 2 N–H and O–H groups in total. The minimum atomic E-state index is -0.0153. The molecule has 146 valence electrons. The normalized spacial score (nSPS) is 15.1. The third-order valence-electron chi connectivity index (χ3n) is 5.33. The van der Waals surface area contributed by atoms with Crippen molar-refractivity contribution in [3.8, 4) is 0 Å². The number of hydrogen-bond donors (Lipinski definition) is 2. The molecule has 1 saturated heterocycles. The van der Waals surface area contributed by atoms with Gasteiger partial charge in [-0.2, -0.15) is 0 Å². The van der Waals surface area contributed by atoms with Gasteiger partial charge in [0.05, 0.1) is 18.2 Å². The lowest BCUT2D eigenvalue weighted by Gasteiger charge is -2.32. The highest BCUT2D eigenvalue weighted by Gasteiger charge is 2.25. The number of H-pyrrole nitrogens is 1. The molecule has 1 aliphatic heterocycles. The number of carbonyl (C=O) groups is 2. The van der Waals surface area contributed by atoms with E-state index < -0.39 is 0 Å². The first-order valence-corrected chi connectivity index (χ1v) is 10.2. The van der Waals surface area contributed by atoms with Gasteiger partial charge in [0.15, 0.2) is 0 Å². The Morgan fingerprint density at radius 3 is 2.79 bits per heavy atom. The van der Waals surface area contributed by atoms with E-state index >= 15 is 0 Å². The van der Waals surface area contributed by atoms with Crippen molar-refractivity contribution in [2.75, 3.05) is 13.1 Å². The van der Waals surface area contributed by atoms with E-state index in [1.165, 1.54) is 12.5 Å². The van der Waals surface area contributed by atoms with Gasteiger partial charge >= 0.3 is 0 Å². The summed E-state index contributed by atoms with van der Waals surface area (Å²) in [5.74, 6) is 0.00195. The lowest BCUT2D eigenvalue weighted by Crippen LogP contribution is -2.46. The fourth-order valence-electron chi connectivity index (χ4n) is 3.82. The Hall–Kier alpha value is -2.54. The summed E-state index contributed by atoms with van der Waals surface area (Å²) in [5.41, 5.74) is 3.66. The number of amides is 2. The number of furan rings is 1. The fourth-order valence-corrected chi connectivity index (χ4v) is 4.18. The van der Waals surface area contributed by atoms with E-state index in [0.717, 1.165) is 39.5 Å². The van der Waals surface area contributed by atoms with Crippen LogP contribution in [0.4, 0.5) is 0 Å². The number of nitrogens with zero attached hydrogens (tertiary/aromatic N) is 1. The second kappa shape index (κ2) is 7.83. The first-order valence-electron chi connectivity index (χ1n) is 9.39. The number of piperidine rings is 1. The lowest BCUT2D eigenvalue weighted by molar-refractivity contribution is -0.121. The summed E-state index contributed by atoms with van der Waals surface area (Å²) >= 11 is 3.50. The summed E-state index contributed by atoms with van der Waals surface area (Å²) in [7, 11) is 0. The predicted molar refractivity (Wildman–Crippen MR) is 110 cm³/mol. The van der Waals surface area contributed by atoms with Crippen LogP contribution in [0.15, 0.2) is 45.7 Å². The molecule has 1 aromatic carbocycles. The van der Waals surface area contributed by atoms with Crippen LogP contribution in [0.1, 0.15) is 34.5 Å². The summed E-state index contributed by atoms with van der Waals surface area (Å²) in [4.78, 5) is 30.2. The molecular weight excluding hydrogens is 422 g/mol. The molecule has 3 aromatic rings. The van der Waals surface area contributed by atoms with Gasteiger partial charge in [0.1, 0.15) is 6.26 Å². The average molecular weight is 444 g/mol. The summed E-state index contributed by atoms with van der Waals surface area (Å²) < 4.78 is 5.98. The van der Waals surface area contributed by atoms with Crippen molar-refractivity contribution in [3.63, 3.8) is 0 Å². The molecule has 2 aromatic heterocycles. The zero-order chi connectivity index (χ0) is 19.7. The van der Waals surface area contributed by atoms with Crippen LogP contribution in [-0.2, 0) is 11.2 Å². The summed E-state index contributed by atoms with van der Waals surface area (Å²) in [6.45, 7) is 3.26.